The molecule has 0 saturated carbocycles. The van der Waals surface area contributed by atoms with E-state index >= 15 is 0 Å². The highest BCUT2D eigenvalue weighted by molar-refractivity contribution is 7.89. The van der Waals surface area contributed by atoms with Crippen molar-refractivity contribution in [1.82, 2.24) is 9.88 Å². The molecule has 136 valence electrons. The van der Waals surface area contributed by atoms with Gasteiger partial charge < -0.3 is 9.26 Å². The lowest BCUT2D eigenvalue weighted by molar-refractivity contribution is 0.414. The maximum absolute atomic E-state index is 12.3. The summed E-state index contributed by atoms with van der Waals surface area (Å²) in [6.07, 6.45) is 0.402. The largest absolute Gasteiger partial charge is 0.495 e. The molecule has 3 aromatic rings. The van der Waals surface area contributed by atoms with Crippen molar-refractivity contribution in [2.75, 3.05) is 13.7 Å². The molecule has 0 aliphatic rings. The zero-order valence-corrected chi connectivity index (χ0v) is 15.5. The number of nitrogens with one attached hydrogen (secondary N) is 1. The quantitative estimate of drug-likeness (QED) is 0.665. The Morgan fingerprint density at radius 3 is 2.62 bits per heavy atom. The minimum Gasteiger partial charge on any atom is -0.495 e. The van der Waals surface area contributed by atoms with E-state index in [4.69, 9.17) is 20.9 Å². The van der Waals surface area contributed by atoms with Crippen molar-refractivity contribution in [2.24, 2.45) is 0 Å². The van der Waals surface area contributed by atoms with E-state index in [0.717, 1.165) is 5.56 Å². The molecule has 0 amide bonds. The number of rotatable bonds is 7. The fraction of sp³-hybridized carbons (Fsp3) is 0.167. The first-order chi connectivity index (χ1) is 12.5. The average Bonchev–Trinajstić information content (AvgIpc) is 3.11. The molecule has 2 aromatic carbocycles. The molecule has 0 bridgehead atoms. The first-order valence-electron chi connectivity index (χ1n) is 7.84. The van der Waals surface area contributed by atoms with E-state index in [2.05, 4.69) is 9.88 Å². The van der Waals surface area contributed by atoms with Crippen LogP contribution < -0.4 is 9.46 Å². The van der Waals surface area contributed by atoms with Gasteiger partial charge in [-0.15, -0.1) is 0 Å². The van der Waals surface area contributed by atoms with E-state index in [1.165, 1.54) is 25.3 Å². The maximum atomic E-state index is 12.3. The molecule has 8 heteroatoms. The fourth-order valence-corrected chi connectivity index (χ4v) is 3.76. The highest BCUT2D eigenvalue weighted by Gasteiger charge is 2.16. The summed E-state index contributed by atoms with van der Waals surface area (Å²) >= 11 is 5.99. The number of halogens is 1. The molecule has 1 aromatic heterocycles. The van der Waals surface area contributed by atoms with Crippen molar-refractivity contribution in [1.29, 1.82) is 0 Å². The summed E-state index contributed by atoms with van der Waals surface area (Å²) in [5.41, 5.74) is 1.58. The van der Waals surface area contributed by atoms with Crippen LogP contribution in [-0.4, -0.2) is 27.2 Å². The van der Waals surface area contributed by atoms with Gasteiger partial charge >= 0.3 is 0 Å². The SMILES string of the molecule is COc1ccc(S(=O)(=O)NCCc2cc(-c3ccccc3)on2)cc1Cl. The summed E-state index contributed by atoms with van der Waals surface area (Å²) in [6.45, 7) is 0.187. The lowest BCUT2D eigenvalue weighted by Gasteiger charge is -2.08. The Morgan fingerprint density at radius 1 is 1.15 bits per heavy atom. The van der Waals surface area contributed by atoms with Gasteiger partial charge in [0.15, 0.2) is 5.76 Å². The summed E-state index contributed by atoms with van der Waals surface area (Å²) in [6, 6.07) is 15.7. The zero-order valence-electron chi connectivity index (χ0n) is 14.0. The van der Waals surface area contributed by atoms with Crippen molar-refractivity contribution < 1.29 is 17.7 Å². The number of aromatic nitrogens is 1. The maximum Gasteiger partial charge on any atom is 0.240 e. The van der Waals surface area contributed by atoms with Crippen molar-refractivity contribution in [3.8, 4) is 17.1 Å². The molecule has 26 heavy (non-hydrogen) atoms. The third kappa shape index (κ3) is 4.24. The average molecular weight is 393 g/mol. The Morgan fingerprint density at radius 2 is 1.92 bits per heavy atom. The van der Waals surface area contributed by atoms with Crippen molar-refractivity contribution in [2.45, 2.75) is 11.3 Å². The molecule has 0 aliphatic heterocycles. The second-order valence-electron chi connectivity index (χ2n) is 5.49. The molecule has 0 saturated heterocycles. The summed E-state index contributed by atoms with van der Waals surface area (Å²) < 4.78 is 37.5. The predicted molar refractivity (Wildman–Crippen MR) is 98.8 cm³/mol. The van der Waals surface area contributed by atoms with Crippen molar-refractivity contribution in [3.05, 3.63) is 65.3 Å². The number of nitrogens with zero attached hydrogens (tertiary/aromatic N) is 1. The first kappa shape index (κ1) is 18.4. The van der Waals surface area contributed by atoms with Gasteiger partial charge in [-0.25, -0.2) is 13.1 Å². The second kappa shape index (κ2) is 7.90. The van der Waals surface area contributed by atoms with Crippen LogP contribution in [0.3, 0.4) is 0 Å². The number of ether oxygens (including phenoxy) is 1. The molecule has 1 N–H and O–H groups in total. The third-order valence-electron chi connectivity index (χ3n) is 3.72. The molecule has 0 atom stereocenters. The molecule has 0 spiro atoms. The Bertz CT molecular complexity index is 987. The normalized spacial score (nSPS) is 11.5. The van der Waals surface area contributed by atoms with E-state index in [1.54, 1.807) is 6.07 Å². The second-order valence-corrected chi connectivity index (χ2v) is 7.67. The van der Waals surface area contributed by atoms with Crippen LogP contribution in [0.2, 0.25) is 5.02 Å². The summed E-state index contributed by atoms with van der Waals surface area (Å²) in [5, 5.41) is 4.21. The highest BCUT2D eigenvalue weighted by atomic mass is 35.5. The summed E-state index contributed by atoms with van der Waals surface area (Å²) in [5.74, 6) is 1.06. The summed E-state index contributed by atoms with van der Waals surface area (Å²) in [7, 11) is -2.20. The van der Waals surface area contributed by atoms with E-state index in [0.29, 0.717) is 23.6 Å². The van der Waals surface area contributed by atoms with Crippen molar-refractivity contribution in [3.63, 3.8) is 0 Å². The van der Waals surface area contributed by atoms with Gasteiger partial charge in [0.1, 0.15) is 5.75 Å². The van der Waals surface area contributed by atoms with Crippen LogP contribution in [0.4, 0.5) is 0 Å². The van der Waals surface area contributed by atoms with E-state index in [-0.39, 0.29) is 16.5 Å². The van der Waals surface area contributed by atoms with Gasteiger partial charge in [0.05, 0.1) is 22.7 Å². The van der Waals surface area contributed by atoms with Gasteiger partial charge in [0.25, 0.3) is 0 Å². The molecule has 6 nitrogen and oxygen atoms in total. The lowest BCUT2D eigenvalue weighted by Crippen LogP contribution is -2.26. The first-order valence-corrected chi connectivity index (χ1v) is 9.70. The van der Waals surface area contributed by atoms with Crippen LogP contribution in [0.1, 0.15) is 5.69 Å². The molecular formula is C18H17ClN2O4S. The van der Waals surface area contributed by atoms with Crippen LogP contribution in [-0.2, 0) is 16.4 Å². The molecule has 0 unspecified atom stereocenters. The number of sulfonamides is 1. The van der Waals surface area contributed by atoms with Gasteiger partial charge in [0, 0.05) is 24.6 Å². The Labute approximate surface area is 156 Å². The molecule has 1 heterocycles. The molecule has 0 aliphatic carbocycles. The number of benzene rings is 2. The topological polar surface area (TPSA) is 81.4 Å². The number of hydrogen-bond donors (Lipinski definition) is 1. The fourth-order valence-electron chi connectivity index (χ4n) is 2.38. The molecule has 3 rings (SSSR count). The van der Waals surface area contributed by atoms with E-state index in [9.17, 15) is 8.42 Å². The van der Waals surface area contributed by atoms with E-state index < -0.39 is 10.0 Å². The standard InChI is InChI=1S/C18H17ClN2O4S/c1-24-17-8-7-15(12-16(17)19)26(22,23)20-10-9-14-11-18(25-21-14)13-5-3-2-4-6-13/h2-8,11-12,20H,9-10H2,1H3. The van der Waals surface area contributed by atoms with Crippen LogP contribution in [0.15, 0.2) is 64.0 Å². The minimum absolute atomic E-state index is 0.0772. The Hall–Kier alpha value is -2.35. The molecule has 0 fully saturated rings. The lowest BCUT2D eigenvalue weighted by atomic mass is 10.1. The van der Waals surface area contributed by atoms with Gasteiger partial charge in [0.2, 0.25) is 10.0 Å². The van der Waals surface area contributed by atoms with Crippen LogP contribution in [0.5, 0.6) is 5.75 Å². The Balaban J connectivity index is 1.62. The van der Waals surface area contributed by atoms with Crippen molar-refractivity contribution >= 4 is 21.6 Å². The monoisotopic (exact) mass is 392 g/mol. The van der Waals surface area contributed by atoms with E-state index in [1.807, 2.05) is 30.3 Å². The Kier molecular flexibility index (Phi) is 5.61. The third-order valence-corrected chi connectivity index (χ3v) is 5.48. The molecule has 0 radical (unpaired) electrons. The van der Waals surface area contributed by atoms with Crippen LogP contribution in [0, 0.1) is 0 Å². The minimum atomic E-state index is -3.67. The predicted octanol–water partition coefficient (Wildman–Crippen LogP) is 3.52. The van der Waals surface area contributed by atoms with Crippen LogP contribution >= 0.6 is 11.6 Å². The van der Waals surface area contributed by atoms with Gasteiger partial charge in [-0.2, -0.15) is 0 Å². The van der Waals surface area contributed by atoms with Gasteiger partial charge in [-0.1, -0.05) is 47.1 Å². The van der Waals surface area contributed by atoms with Gasteiger partial charge in [-0.3, -0.25) is 0 Å². The zero-order chi connectivity index (χ0) is 18.6. The smallest absolute Gasteiger partial charge is 0.240 e. The number of hydrogen-bond acceptors (Lipinski definition) is 5. The number of methoxy groups -OCH3 is 1. The molecular weight excluding hydrogens is 376 g/mol. The van der Waals surface area contributed by atoms with Gasteiger partial charge in [-0.05, 0) is 18.2 Å². The highest BCUT2D eigenvalue weighted by Crippen LogP contribution is 2.26. The van der Waals surface area contributed by atoms with Crippen LogP contribution in [0.25, 0.3) is 11.3 Å². The summed E-state index contributed by atoms with van der Waals surface area (Å²) in [4.78, 5) is 0.0772.